The summed E-state index contributed by atoms with van der Waals surface area (Å²) in [6, 6.07) is 7.08. The van der Waals surface area contributed by atoms with E-state index in [0.29, 0.717) is 21.8 Å². The van der Waals surface area contributed by atoms with Crippen LogP contribution in [0.4, 0.5) is 0 Å². The van der Waals surface area contributed by atoms with Gasteiger partial charge in [0.2, 0.25) is 0 Å². The highest BCUT2D eigenvalue weighted by atomic mass is 35.5. The van der Waals surface area contributed by atoms with Crippen molar-refractivity contribution in [1.82, 2.24) is 24.7 Å². The zero-order valence-corrected chi connectivity index (χ0v) is 12.0. The quantitative estimate of drug-likeness (QED) is 0.738. The third-order valence-electron chi connectivity index (χ3n) is 2.89. The lowest BCUT2D eigenvalue weighted by molar-refractivity contribution is 0.770. The maximum Gasteiger partial charge on any atom is 0.271 e. The van der Waals surface area contributed by atoms with Crippen LogP contribution in [0.2, 0.25) is 10.0 Å². The Hall–Kier alpha value is -2.05. The predicted molar refractivity (Wildman–Crippen MR) is 77.5 cm³/mol. The molecule has 0 unspecified atom stereocenters. The highest BCUT2D eigenvalue weighted by Gasteiger charge is 2.16. The van der Waals surface area contributed by atoms with Gasteiger partial charge >= 0.3 is 0 Å². The van der Waals surface area contributed by atoms with Crippen LogP contribution in [0.25, 0.3) is 17.2 Å². The van der Waals surface area contributed by atoms with Crippen LogP contribution in [-0.4, -0.2) is 24.7 Å². The molecule has 3 rings (SSSR count). The van der Waals surface area contributed by atoms with Gasteiger partial charge in [0.15, 0.2) is 5.82 Å². The molecule has 8 heteroatoms. The van der Waals surface area contributed by atoms with Crippen LogP contribution < -0.4 is 5.84 Å². The van der Waals surface area contributed by atoms with Gasteiger partial charge in [-0.15, -0.1) is 10.2 Å². The predicted octanol–water partition coefficient (Wildman–Crippen LogP) is 2.46. The van der Waals surface area contributed by atoms with E-state index in [2.05, 4.69) is 15.3 Å². The minimum Gasteiger partial charge on any atom is -0.335 e. The highest BCUT2D eigenvalue weighted by molar-refractivity contribution is 6.36. The first-order valence-electron chi connectivity index (χ1n) is 5.75. The molecule has 0 saturated carbocycles. The molecule has 102 valence electrons. The maximum absolute atomic E-state index is 6.23. The summed E-state index contributed by atoms with van der Waals surface area (Å²) in [5.74, 6) is 6.88. The molecule has 0 fully saturated rings. The van der Waals surface area contributed by atoms with Gasteiger partial charge in [-0.1, -0.05) is 23.2 Å². The summed E-state index contributed by atoms with van der Waals surface area (Å²) in [7, 11) is 0. The SMILES string of the molecule is Cc1nnc(-n2nccc2-c2ccc(Cl)cc2Cl)n1N. The number of hydrogen-bond acceptors (Lipinski definition) is 4. The molecule has 20 heavy (non-hydrogen) atoms. The van der Waals surface area contributed by atoms with E-state index < -0.39 is 0 Å². The zero-order valence-electron chi connectivity index (χ0n) is 10.5. The molecule has 0 aliphatic rings. The Kier molecular flexibility index (Phi) is 3.11. The molecule has 0 aliphatic heterocycles. The number of halogens is 2. The van der Waals surface area contributed by atoms with Gasteiger partial charge in [-0.05, 0) is 31.2 Å². The normalized spacial score (nSPS) is 10.9. The van der Waals surface area contributed by atoms with E-state index in [-0.39, 0.29) is 0 Å². The van der Waals surface area contributed by atoms with Crippen LogP contribution in [0.15, 0.2) is 30.5 Å². The number of hydrogen-bond donors (Lipinski definition) is 1. The summed E-state index contributed by atoms with van der Waals surface area (Å²) in [5, 5.41) is 13.2. The Balaban J connectivity index is 2.18. The van der Waals surface area contributed by atoms with Crippen LogP contribution in [-0.2, 0) is 0 Å². The molecular formula is C12H10Cl2N6. The van der Waals surface area contributed by atoms with Crippen LogP contribution >= 0.6 is 23.2 Å². The lowest BCUT2D eigenvalue weighted by Gasteiger charge is -2.08. The number of nitrogen functional groups attached to an aromatic ring is 1. The Bertz CT molecular complexity index is 776. The fourth-order valence-electron chi connectivity index (χ4n) is 1.87. The van der Waals surface area contributed by atoms with Crippen molar-refractivity contribution in [2.24, 2.45) is 0 Å². The average Bonchev–Trinajstić information content (AvgIpc) is 2.98. The molecule has 0 radical (unpaired) electrons. The number of benzene rings is 1. The molecule has 2 heterocycles. The molecule has 0 spiro atoms. The van der Waals surface area contributed by atoms with Gasteiger partial charge in [-0.25, -0.2) is 4.68 Å². The maximum atomic E-state index is 6.23. The fourth-order valence-corrected chi connectivity index (χ4v) is 2.37. The Labute approximate surface area is 124 Å². The van der Waals surface area contributed by atoms with E-state index >= 15 is 0 Å². The van der Waals surface area contributed by atoms with Gasteiger partial charge in [0.25, 0.3) is 5.95 Å². The molecule has 2 N–H and O–H groups in total. The van der Waals surface area contributed by atoms with Gasteiger partial charge in [-0.3, -0.25) is 0 Å². The average molecular weight is 309 g/mol. The van der Waals surface area contributed by atoms with Gasteiger partial charge in [0, 0.05) is 10.6 Å². The monoisotopic (exact) mass is 308 g/mol. The Morgan fingerprint density at radius 3 is 2.60 bits per heavy atom. The summed E-state index contributed by atoms with van der Waals surface area (Å²) in [5.41, 5.74) is 1.54. The van der Waals surface area contributed by atoms with E-state index in [0.717, 1.165) is 11.3 Å². The highest BCUT2D eigenvalue weighted by Crippen LogP contribution is 2.30. The van der Waals surface area contributed by atoms with E-state index in [1.807, 2.05) is 12.1 Å². The minimum atomic E-state index is 0.411. The lowest BCUT2D eigenvalue weighted by atomic mass is 10.1. The molecule has 0 atom stereocenters. The molecule has 2 aromatic heterocycles. The van der Waals surface area contributed by atoms with Crippen LogP contribution in [0.5, 0.6) is 0 Å². The third-order valence-corrected chi connectivity index (χ3v) is 3.44. The van der Waals surface area contributed by atoms with Gasteiger partial charge in [0.1, 0.15) is 0 Å². The molecule has 6 nitrogen and oxygen atoms in total. The fraction of sp³-hybridized carbons (Fsp3) is 0.0833. The number of nitrogens with two attached hydrogens (primary N) is 1. The van der Waals surface area contributed by atoms with Crippen molar-refractivity contribution in [2.45, 2.75) is 6.92 Å². The number of rotatable bonds is 2. The smallest absolute Gasteiger partial charge is 0.271 e. The topological polar surface area (TPSA) is 74.5 Å². The number of nitrogens with zero attached hydrogens (tertiary/aromatic N) is 5. The first-order valence-corrected chi connectivity index (χ1v) is 6.50. The number of aryl methyl sites for hydroxylation is 1. The minimum absolute atomic E-state index is 0.411. The first-order chi connectivity index (χ1) is 9.58. The van der Waals surface area contributed by atoms with E-state index in [9.17, 15) is 0 Å². The second-order valence-corrected chi connectivity index (χ2v) is 5.01. The number of aromatic nitrogens is 5. The second-order valence-electron chi connectivity index (χ2n) is 4.17. The Morgan fingerprint density at radius 2 is 1.95 bits per heavy atom. The van der Waals surface area contributed by atoms with Crippen molar-refractivity contribution in [3.8, 4) is 17.2 Å². The molecule has 0 saturated heterocycles. The Morgan fingerprint density at radius 1 is 1.15 bits per heavy atom. The summed E-state index contributed by atoms with van der Waals surface area (Å²) in [6.07, 6.45) is 1.64. The van der Waals surface area contributed by atoms with Crippen molar-refractivity contribution in [3.63, 3.8) is 0 Å². The van der Waals surface area contributed by atoms with Gasteiger partial charge < -0.3 is 5.84 Å². The largest absolute Gasteiger partial charge is 0.335 e. The van der Waals surface area contributed by atoms with Crippen molar-refractivity contribution < 1.29 is 0 Å². The molecular weight excluding hydrogens is 299 g/mol. The summed E-state index contributed by atoms with van der Waals surface area (Å²) in [4.78, 5) is 0. The van der Waals surface area contributed by atoms with Crippen LogP contribution in [0.3, 0.4) is 0 Å². The summed E-state index contributed by atoms with van der Waals surface area (Å²) in [6.45, 7) is 1.76. The third kappa shape index (κ3) is 2.03. The van der Waals surface area contributed by atoms with Gasteiger partial charge in [-0.2, -0.15) is 9.78 Å². The van der Waals surface area contributed by atoms with Crippen molar-refractivity contribution in [2.75, 3.05) is 5.84 Å². The van der Waals surface area contributed by atoms with E-state index in [1.165, 1.54) is 4.68 Å². The molecule has 0 bridgehead atoms. The second kappa shape index (κ2) is 4.81. The van der Waals surface area contributed by atoms with E-state index in [1.54, 1.807) is 29.9 Å². The summed E-state index contributed by atoms with van der Waals surface area (Å²) < 4.78 is 2.94. The van der Waals surface area contributed by atoms with E-state index in [4.69, 9.17) is 29.0 Å². The summed E-state index contributed by atoms with van der Waals surface area (Å²) >= 11 is 12.1. The molecule has 0 aliphatic carbocycles. The van der Waals surface area contributed by atoms with Crippen molar-refractivity contribution in [3.05, 3.63) is 46.3 Å². The van der Waals surface area contributed by atoms with Crippen molar-refractivity contribution >= 4 is 23.2 Å². The molecule has 3 aromatic rings. The van der Waals surface area contributed by atoms with Gasteiger partial charge in [0.05, 0.1) is 16.9 Å². The molecule has 1 aromatic carbocycles. The zero-order chi connectivity index (χ0) is 14.3. The van der Waals surface area contributed by atoms with Crippen LogP contribution in [0.1, 0.15) is 5.82 Å². The first kappa shape index (κ1) is 13.0. The van der Waals surface area contributed by atoms with Crippen molar-refractivity contribution in [1.29, 1.82) is 0 Å². The van der Waals surface area contributed by atoms with Crippen LogP contribution in [0, 0.1) is 6.92 Å². The molecule has 0 amide bonds. The standard InChI is InChI=1S/C12H10Cl2N6/c1-7-17-18-12(19(7)15)20-11(4-5-16-20)9-3-2-8(13)6-10(9)14/h2-6H,15H2,1H3. The lowest BCUT2D eigenvalue weighted by Crippen LogP contribution is -2.17.